The van der Waals surface area contributed by atoms with Gasteiger partial charge in [-0.3, -0.25) is 4.79 Å². The predicted molar refractivity (Wildman–Crippen MR) is 55.4 cm³/mol. The molecule has 1 aromatic carbocycles. The third-order valence-electron chi connectivity index (χ3n) is 2.05. The molecule has 1 rings (SSSR count). The van der Waals surface area contributed by atoms with Gasteiger partial charge in [0.2, 0.25) is 0 Å². The first-order chi connectivity index (χ1) is 6.61. The van der Waals surface area contributed by atoms with Gasteiger partial charge in [0.15, 0.2) is 0 Å². The number of hydrogen-bond donors (Lipinski definition) is 1. The molecule has 0 heterocycles. The molecular weight excluding hydrogens is 178 g/mol. The Bertz CT molecular complexity index is 295. The molecule has 14 heavy (non-hydrogen) atoms. The Labute approximate surface area is 84.0 Å². The fourth-order valence-electron chi connectivity index (χ4n) is 1.38. The Morgan fingerprint density at radius 3 is 2.36 bits per heavy atom. The van der Waals surface area contributed by atoms with E-state index in [9.17, 15) is 4.79 Å². The van der Waals surface area contributed by atoms with E-state index in [0.717, 1.165) is 5.56 Å². The Hall–Kier alpha value is -1.35. The summed E-state index contributed by atoms with van der Waals surface area (Å²) in [5.41, 5.74) is 0.855. The average molecular weight is 193 g/mol. The second-order valence-electron chi connectivity index (χ2n) is 3.56. The second-order valence-corrected chi connectivity index (χ2v) is 3.56. The van der Waals surface area contributed by atoms with E-state index in [4.69, 9.17) is 5.11 Å². The minimum Gasteiger partial charge on any atom is -0.481 e. The summed E-state index contributed by atoms with van der Waals surface area (Å²) in [5, 5.41) is 9.05. The molecule has 0 spiro atoms. The number of carboxylic acid groups (broad SMARTS) is 1. The third-order valence-corrected chi connectivity index (χ3v) is 2.05. The lowest BCUT2D eigenvalue weighted by Gasteiger charge is -2.17. The van der Waals surface area contributed by atoms with E-state index in [1.165, 1.54) is 0 Å². The van der Waals surface area contributed by atoms with Crippen LogP contribution in [0.3, 0.4) is 0 Å². The van der Waals surface area contributed by atoms with Gasteiger partial charge in [-0.15, -0.1) is 0 Å². The van der Waals surface area contributed by atoms with Gasteiger partial charge >= 0.3 is 5.97 Å². The number of nitrogens with zero attached hydrogens (tertiary/aromatic N) is 1. The van der Waals surface area contributed by atoms with Gasteiger partial charge in [-0.1, -0.05) is 30.3 Å². The van der Waals surface area contributed by atoms with Crippen LogP contribution in [0.2, 0.25) is 0 Å². The molecule has 0 fully saturated rings. The van der Waals surface area contributed by atoms with Gasteiger partial charge in [-0.05, 0) is 19.7 Å². The molecule has 0 saturated carbocycles. The van der Waals surface area contributed by atoms with Gasteiger partial charge < -0.3 is 10.0 Å². The van der Waals surface area contributed by atoms with Crippen LogP contribution in [0, 0.1) is 0 Å². The van der Waals surface area contributed by atoms with Crippen molar-refractivity contribution in [1.82, 2.24) is 4.90 Å². The maximum absolute atomic E-state index is 11.0. The Morgan fingerprint density at radius 1 is 1.36 bits per heavy atom. The van der Waals surface area contributed by atoms with Crippen molar-refractivity contribution in [3.05, 3.63) is 35.9 Å². The first-order valence-electron chi connectivity index (χ1n) is 4.53. The number of hydrogen-bond acceptors (Lipinski definition) is 2. The van der Waals surface area contributed by atoms with E-state index < -0.39 is 11.9 Å². The first kappa shape index (κ1) is 10.7. The highest BCUT2D eigenvalue weighted by atomic mass is 16.4. The maximum atomic E-state index is 11.0. The smallest absolute Gasteiger partial charge is 0.312 e. The van der Waals surface area contributed by atoms with Crippen LogP contribution >= 0.6 is 0 Å². The molecule has 3 heteroatoms. The predicted octanol–water partition coefficient (Wildman–Crippen LogP) is 1.42. The molecule has 0 aliphatic carbocycles. The molecule has 1 aromatic rings. The minimum atomic E-state index is -0.773. The Kier molecular flexibility index (Phi) is 3.65. The summed E-state index contributed by atoms with van der Waals surface area (Å²) in [6.07, 6.45) is 0. The number of likely N-dealkylation sites (N-methyl/N-ethyl adjacent to an activating group) is 1. The zero-order valence-corrected chi connectivity index (χ0v) is 8.47. The summed E-state index contributed by atoms with van der Waals surface area (Å²) in [6.45, 7) is 0.527. The molecule has 0 aliphatic heterocycles. The Morgan fingerprint density at radius 2 is 1.93 bits per heavy atom. The monoisotopic (exact) mass is 193 g/mol. The fraction of sp³-hybridized carbons (Fsp3) is 0.364. The number of rotatable bonds is 4. The molecule has 1 unspecified atom stereocenters. The third kappa shape index (κ3) is 2.85. The van der Waals surface area contributed by atoms with Crippen molar-refractivity contribution in [1.29, 1.82) is 0 Å². The number of benzene rings is 1. The maximum Gasteiger partial charge on any atom is 0.312 e. The van der Waals surface area contributed by atoms with Crippen molar-refractivity contribution in [3.63, 3.8) is 0 Å². The zero-order valence-electron chi connectivity index (χ0n) is 8.47. The van der Waals surface area contributed by atoms with Crippen LogP contribution in [-0.4, -0.2) is 36.6 Å². The van der Waals surface area contributed by atoms with E-state index in [-0.39, 0.29) is 0 Å². The summed E-state index contributed by atoms with van der Waals surface area (Å²) >= 11 is 0. The summed E-state index contributed by atoms with van der Waals surface area (Å²) in [4.78, 5) is 12.9. The highest BCUT2D eigenvalue weighted by molar-refractivity contribution is 5.76. The standard InChI is InChI=1S/C11H15NO2/c1-12(2)8-10(11(13)14)9-6-4-3-5-7-9/h3-7,10H,8H2,1-2H3,(H,13,14). The normalized spacial score (nSPS) is 12.8. The van der Waals surface area contributed by atoms with Gasteiger partial charge in [0.05, 0.1) is 5.92 Å². The van der Waals surface area contributed by atoms with E-state index in [2.05, 4.69) is 0 Å². The van der Waals surface area contributed by atoms with Crippen molar-refractivity contribution < 1.29 is 9.90 Å². The van der Waals surface area contributed by atoms with Crippen LogP contribution in [-0.2, 0) is 4.79 Å². The molecule has 0 amide bonds. The van der Waals surface area contributed by atoms with Crippen LogP contribution in [0.4, 0.5) is 0 Å². The average Bonchev–Trinajstić information content (AvgIpc) is 2.15. The van der Waals surface area contributed by atoms with Crippen LogP contribution < -0.4 is 0 Å². The molecule has 0 aliphatic rings. The molecule has 1 N–H and O–H groups in total. The van der Waals surface area contributed by atoms with Crippen molar-refractivity contribution in [3.8, 4) is 0 Å². The largest absolute Gasteiger partial charge is 0.481 e. The van der Waals surface area contributed by atoms with Crippen LogP contribution in [0.1, 0.15) is 11.5 Å². The lowest BCUT2D eigenvalue weighted by atomic mass is 9.99. The van der Waals surface area contributed by atoms with E-state index >= 15 is 0 Å². The van der Waals surface area contributed by atoms with Crippen LogP contribution in [0.15, 0.2) is 30.3 Å². The zero-order chi connectivity index (χ0) is 10.6. The van der Waals surface area contributed by atoms with Gasteiger partial charge in [0, 0.05) is 6.54 Å². The molecule has 76 valence electrons. The molecule has 0 saturated heterocycles. The SMILES string of the molecule is CN(C)CC(C(=O)O)c1ccccc1. The van der Waals surface area contributed by atoms with Crippen LogP contribution in [0.25, 0.3) is 0 Å². The summed E-state index contributed by atoms with van der Waals surface area (Å²) in [7, 11) is 3.75. The lowest BCUT2D eigenvalue weighted by molar-refractivity contribution is -0.139. The molecule has 0 bridgehead atoms. The lowest BCUT2D eigenvalue weighted by Crippen LogP contribution is -2.25. The number of carbonyl (C=O) groups is 1. The van der Waals surface area contributed by atoms with Crippen molar-refractivity contribution in [2.75, 3.05) is 20.6 Å². The van der Waals surface area contributed by atoms with Gasteiger partial charge in [0.25, 0.3) is 0 Å². The van der Waals surface area contributed by atoms with E-state index in [1.807, 2.05) is 49.3 Å². The highest BCUT2D eigenvalue weighted by Crippen LogP contribution is 2.16. The van der Waals surface area contributed by atoms with Crippen molar-refractivity contribution in [2.24, 2.45) is 0 Å². The molecule has 1 atom stereocenters. The van der Waals surface area contributed by atoms with Gasteiger partial charge in [-0.25, -0.2) is 0 Å². The van der Waals surface area contributed by atoms with E-state index in [0.29, 0.717) is 6.54 Å². The summed E-state index contributed by atoms with van der Waals surface area (Å²) < 4.78 is 0. The second kappa shape index (κ2) is 4.77. The fourth-order valence-corrected chi connectivity index (χ4v) is 1.38. The summed E-state index contributed by atoms with van der Waals surface area (Å²) in [5.74, 6) is -1.21. The highest BCUT2D eigenvalue weighted by Gasteiger charge is 2.19. The minimum absolute atomic E-state index is 0.439. The molecule has 0 aromatic heterocycles. The number of carboxylic acids is 1. The molecular formula is C11H15NO2. The molecule has 0 radical (unpaired) electrons. The number of aliphatic carboxylic acids is 1. The van der Waals surface area contributed by atoms with Crippen LogP contribution in [0.5, 0.6) is 0 Å². The van der Waals surface area contributed by atoms with Gasteiger partial charge in [-0.2, -0.15) is 0 Å². The molecule has 3 nitrogen and oxygen atoms in total. The van der Waals surface area contributed by atoms with Gasteiger partial charge in [0.1, 0.15) is 0 Å². The quantitative estimate of drug-likeness (QED) is 0.786. The van der Waals surface area contributed by atoms with Crippen molar-refractivity contribution in [2.45, 2.75) is 5.92 Å². The first-order valence-corrected chi connectivity index (χ1v) is 4.53. The van der Waals surface area contributed by atoms with Crippen molar-refractivity contribution >= 4 is 5.97 Å². The Balaban J connectivity index is 2.84. The summed E-state index contributed by atoms with van der Waals surface area (Å²) in [6, 6.07) is 9.31. The topological polar surface area (TPSA) is 40.5 Å². The van der Waals surface area contributed by atoms with E-state index in [1.54, 1.807) is 0 Å².